The number of imidazole rings is 1. The van der Waals surface area contributed by atoms with Gasteiger partial charge in [-0.2, -0.15) is 0 Å². The molecule has 6 heteroatoms. The Kier molecular flexibility index (Phi) is 4.28. The van der Waals surface area contributed by atoms with Crippen LogP contribution in [-0.2, 0) is 4.79 Å². The molecule has 1 saturated carbocycles. The Morgan fingerprint density at radius 3 is 2.67 bits per heavy atom. The Morgan fingerprint density at radius 1 is 1.04 bits per heavy atom. The lowest BCUT2D eigenvalue weighted by molar-refractivity contribution is -0.136. The molecule has 1 saturated heterocycles. The summed E-state index contributed by atoms with van der Waals surface area (Å²) in [6, 6.07) is 0. The second-order valence-electron chi connectivity index (χ2n) is 6.84. The third-order valence-corrected chi connectivity index (χ3v) is 5.28. The number of likely N-dealkylation sites (tertiary alicyclic amines) is 1. The molecule has 4 rings (SSSR count). The molecule has 0 aromatic carbocycles. The predicted molar refractivity (Wildman–Crippen MR) is 89.7 cm³/mol. The lowest BCUT2D eigenvalue weighted by Gasteiger charge is -2.34. The highest BCUT2D eigenvalue weighted by molar-refractivity contribution is 5.79. The minimum absolute atomic E-state index is 0.246. The Bertz CT molecular complexity index is 693. The van der Waals surface area contributed by atoms with Crippen LogP contribution in [0.4, 0.5) is 0 Å². The molecular weight excluding hydrogens is 302 g/mol. The molecule has 6 nitrogen and oxygen atoms in total. The van der Waals surface area contributed by atoms with E-state index < -0.39 is 0 Å². The Hall–Kier alpha value is -2.24. The fourth-order valence-electron chi connectivity index (χ4n) is 4.04. The molecule has 0 spiro atoms. The van der Waals surface area contributed by atoms with Crippen molar-refractivity contribution >= 4 is 5.91 Å². The van der Waals surface area contributed by atoms with Crippen LogP contribution < -0.4 is 0 Å². The van der Waals surface area contributed by atoms with Crippen molar-refractivity contribution in [3.63, 3.8) is 0 Å². The van der Waals surface area contributed by atoms with E-state index in [4.69, 9.17) is 0 Å². The lowest BCUT2D eigenvalue weighted by Crippen LogP contribution is -2.42. The van der Waals surface area contributed by atoms with Gasteiger partial charge in [0.05, 0.1) is 5.69 Å². The third-order valence-electron chi connectivity index (χ3n) is 5.28. The molecule has 1 aliphatic carbocycles. The topological polar surface area (TPSA) is 63.9 Å². The first-order valence-electron chi connectivity index (χ1n) is 8.91. The van der Waals surface area contributed by atoms with E-state index >= 15 is 0 Å². The largest absolute Gasteiger partial charge is 0.342 e. The fraction of sp³-hybridized carbons (Fsp3) is 0.556. The van der Waals surface area contributed by atoms with Crippen LogP contribution in [0, 0.1) is 5.92 Å². The molecule has 2 aliphatic rings. The van der Waals surface area contributed by atoms with Gasteiger partial charge in [0.2, 0.25) is 5.91 Å². The highest BCUT2D eigenvalue weighted by atomic mass is 16.2. The highest BCUT2D eigenvalue weighted by Gasteiger charge is 2.32. The van der Waals surface area contributed by atoms with Crippen LogP contribution in [0.5, 0.6) is 0 Å². The zero-order valence-corrected chi connectivity index (χ0v) is 13.8. The fourth-order valence-corrected chi connectivity index (χ4v) is 4.04. The molecule has 126 valence electrons. The van der Waals surface area contributed by atoms with Gasteiger partial charge in [0, 0.05) is 49.7 Å². The number of piperidine rings is 1. The smallest absolute Gasteiger partial charge is 0.225 e. The first kappa shape index (κ1) is 15.3. The van der Waals surface area contributed by atoms with Gasteiger partial charge in [0.25, 0.3) is 0 Å². The second kappa shape index (κ2) is 6.71. The maximum Gasteiger partial charge on any atom is 0.225 e. The minimum Gasteiger partial charge on any atom is -0.342 e. The maximum atomic E-state index is 12.8. The summed E-state index contributed by atoms with van der Waals surface area (Å²) in [6.07, 6.45) is 15.4. The standard InChI is InChI=1S/C18H23N5O/c24-18(14-4-1-2-5-14)22-10-3-6-15(12-22)16-17(21-8-7-20-16)23-11-9-19-13-23/h7-9,11,13-15H,1-6,10,12H2/t15-/m0/s1. The number of nitrogens with zero attached hydrogens (tertiary/aromatic N) is 5. The third kappa shape index (κ3) is 2.92. The van der Waals surface area contributed by atoms with Gasteiger partial charge < -0.3 is 4.90 Å². The highest BCUT2D eigenvalue weighted by Crippen LogP contribution is 2.32. The SMILES string of the molecule is O=C(C1CCCC1)N1CCC[C@H](c2nccnc2-n2ccnc2)C1. The van der Waals surface area contributed by atoms with E-state index in [1.165, 1.54) is 12.8 Å². The number of carbonyl (C=O) groups excluding carboxylic acids is 1. The van der Waals surface area contributed by atoms with Crippen LogP contribution in [0.25, 0.3) is 5.82 Å². The lowest BCUT2D eigenvalue weighted by atomic mass is 9.93. The van der Waals surface area contributed by atoms with Crippen LogP contribution in [0.3, 0.4) is 0 Å². The number of amides is 1. The average Bonchev–Trinajstić information content (AvgIpc) is 3.35. The first-order chi connectivity index (χ1) is 11.8. The van der Waals surface area contributed by atoms with Crippen LogP contribution in [0.2, 0.25) is 0 Å². The number of carbonyl (C=O) groups is 1. The molecule has 1 amide bonds. The van der Waals surface area contributed by atoms with E-state index in [9.17, 15) is 4.79 Å². The summed E-state index contributed by atoms with van der Waals surface area (Å²) >= 11 is 0. The molecule has 0 N–H and O–H groups in total. The van der Waals surface area contributed by atoms with E-state index in [1.54, 1.807) is 24.9 Å². The molecule has 24 heavy (non-hydrogen) atoms. The molecule has 2 aromatic heterocycles. The van der Waals surface area contributed by atoms with Gasteiger partial charge in [-0.15, -0.1) is 0 Å². The van der Waals surface area contributed by atoms with Crippen molar-refractivity contribution in [3.05, 3.63) is 36.8 Å². The Labute approximate surface area is 141 Å². The van der Waals surface area contributed by atoms with Crippen molar-refractivity contribution in [2.24, 2.45) is 5.92 Å². The van der Waals surface area contributed by atoms with Crippen molar-refractivity contribution in [1.29, 1.82) is 0 Å². The number of hydrogen-bond acceptors (Lipinski definition) is 4. The van der Waals surface area contributed by atoms with Gasteiger partial charge in [-0.3, -0.25) is 14.3 Å². The normalized spacial score (nSPS) is 22.0. The summed E-state index contributed by atoms with van der Waals surface area (Å²) < 4.78 is 1.90. The summed E-state index contributed by atoms with van der Waals surface area (Å²) in [5.41, 5.74) is 0.972. The van der Waals surface area contributed by atoms with Crippen molar-refractivity contribution < 1.29 is 4.79 Å². The zero-order chi connectivity index (χ0) is 16.4. The summed E-state index contributed by atoms with van der Waals surface area (Å²) in [6.45, 7) is 1.64. The Morgan fingerprint density at radius 2 is 1.88 bits per heavy atom. The molecule has 3 heterocycles. The van der Waals surface area contributed by atoms with Gasteiger partial charge in [0.15, 0.2) is 5.82 Å². The van der Waals surface area contributed by atoms with Crippen molar-refractivity contribution in [2.75, 3.05) is 13.1 Å². The van der Waals surface area contributed by atoms with Crippen LogP contribution in [-0.4, -0.2) is 43.4 Å². The van der Waals surface area contributed by atoms with E-state index in [0.29, 0.717) is 5.91 Å². The van der Waals surface area contributed by atoms with Crippen LogP contribution in [0.1, 0.15) is 50.1 Å². The summed E-state index contributed by atoms with van der Waals surface area (Å²) in [4.78, 5) is 28.0. The molecule has 2 aromatic rings. The summed E-state index contributed by atoms with van der Waals surface area (Å²) in [5.74, 6) is 1.68. The number of hydrogen-bond donors (Lipinski definition) is 0. The van der Waals surface area contributed by atoms with E-state index in [-0.39, 0.29) is 11.8 Å². The monoisotopic (exact) mass is 325 g/mol. The second-order valence-corrected chi connectivity index (χ2v) is 6.84. The van der Waals surface area contributed by atoms with Gasteiger partial charge >= 0.3 is 0 Å². The molecular formula is C18H23N5O. The van der Waals surface area contributed by atoms with Crippen LogP contribution >= 0.6 is 0 Å². The van der Waals surface area contributed by atoms with E-state index in [1.807, 2.05) is 10.8 Å². The minimum atomic E-state index is 0.246. The maximum absolute atomic E-state index is 12.8. The van der Waals surface area contributed by atoms with Gasteiger partial charge in [0.1, 0.15) is 6.33 Å². The molecule has 1 atom stereocenters. The molecule has 0 bridgehead atoms. The molecule has 2 fully saturated rings. The average molecular weight is 325 g/mol. The molecule has 1 aliphatic heterocycles. The molecule has 0 radical (unpaired) electrons. The summed E-state index contributed by atoms with van der Waals surface area (Å²) in [5, 5.41) is 0. The first-order valence-corrected chi connectivity index (χ1v) is 8.91. The quantitative estimate of drug-likeness (QED) is 0.870. The van der Waals surface area contributed by atoms with Crippen LogP contribution in [0.15, 0.2) is 31.1 Å². The van der Waals surface area contributed by atoms with Gasteiger partial charge in [-0.1, -0.05) is 12.8 Å². The van der Waals surface area contributed by atoms with Gasteiger partial charge in [-0.25, -0.2) is 9.97 Å². The molecule has 0 unspecified atom stereocenters. The zero-order valence-electron chi connectivity index (χ0n) is 13.8. The van der Waals surface area contributed by atoms with Crippen molar-refractivity contribution in [1.82, 2.24) is 24.4 Å². The van der Waals surface area contributed by atoms with E-state index in [0.717, 1.165) is 50.3 Å². The van der Waals surface area contributed by atoms with Crippen molar-refractivity contribution in [2.45, 2.75) is 44.4 Å². The van der Waals surface area contributed by atoms with Gasteiger partial charge in [-0.05, 0) is 25.7 Å². The Balaban J connectivity index is 1.55. The van der Waals surface area contributed by atoms with Crippen molar-refractivity contribution in [3.8, 4) is 5.82 Å². The number of aromatic nitrogens is 4. The predicted octanol–water partition coefficient (Wildman–Crippen LogP) is 2.56. The summed E-state index contributed by atoms with van der Waals surface area (Å²) in [7, 11) is 0. The number of rotatable bonds is 3. The van der Waals surface area contributed by atoms with E-state index in [2.05, 4.69) is 19.9 Å².